The van der Waals surface area contributed by atoms with Crippen molar-refractivity contribution in [3.05, 3.63) is 15.6 Å². The summed E-state index contributed by atoms with van der Waals surface area (Å²) in [5, 5.41) is 12.3. The zero-order valence-corrected chi connectivity index (χ0v) is 12.7. The highest BCUT2D eigenvalue weighted by molar-refractivity contribution is 7.14. The molecule has 0 spiro atoms. The zero-order valence-electron chi connectivity index (χ0n) is 11.9. The summed E-state index contributed by atoms with van der Waals surface area (Å²) >= 11 is 1.36. The van der Waals surface area contributed by atoms with Gasteiger partial charge in [0.2, 0.25) is 0 Å². The van der Waals surface area contributed by atoms with E-state index in [1.54, 1.807) is 13.8 Å². The molecule has 1 aromatic rings. The van der Waals surface area contributed by atoms with Crippen LogP contribution in [0, 0.1) is 6.92 Å². The fourth-order valence-corrected chi connectivity index (χ4v) is 2.56. The van der Waals surface area contributed by atoms with Crippen LogP contribution in [0.3, 0.4) is 0 Å². The molecule has 1 atom stereocenters. The van der Waals surface area contributed by atoms with Gasteiger partial charge >= 0.3 is 5.97 Å². The molecule has 1 aromatic heterocycles. The van der Waals surface area contributed by atoms with Crippen LogP contribution < -0.4 is 5.32 Å². The number of carboxylic acid groups (broad SMARTS) is 1. The van der Waals surface area contributed by atoms with Crippen molar-refractivity contribution in [1.82, 2.24) is 10.3 Å². The summed E-state index contributed by atoms with van der Waals surface area (Å²) < 4.78 is 0. The third-order valence-electron chi connectivity index (χ3n) is 2.50. The van der Waals surface area contributed by atoms with Gasteiger partial charge in [0, 0.05) is 11.5 Å². The van der Waals surface area contributed by atoms with E-state index in [9.17, 15) is 9.59 Å². The molecule has 0 aliphatic carbocycles. The molecular formula is C13H20N2O3S. The second-order valence-corrected chi connectivity index (χ2v) is 6.65. The molecule has 0 aliphatic heterocycles. The van der Waals surface area contributed by atoms with Gasteiger partial charge in [0.1, 0.15) is 4.88 Å². The Bertz CT molecular complexity index is 489. The Morgan fingerprint density at radius 2 is 2.00 bits per heavy atom. The lowest BCUT2D eigenvalue weighted by Gasteiger charge is -2.13. The Kier molecular flexibility index (Phi) is 4.68. The van der Waals surface area contributed by atoms with Crippen molar-refractivity contribution in [2.75, 3.05) is 0 Å². The Morgan fingerprint density at radius 1 is 1.42 bits per heavy atom. The first-order valence-corrected chi connectivity index (χ1v) is 6.93. The summed E-state index contributed by atoms with van der Waals surface area (Å²) in [6, 6.07) is -0.399. The monoisotopic (exact) mass is 284 g/mol. The lowest BCUT2D eigenvalue weighted by atomic mass is 9.98. The largest absolute Gasteiger partial charge is 0.481 e. The molecule has 1 unspecified atom stereocenters. The first-order valence-electron chi connectivity index (χ1n) is 6.12. The minimum absolute atomic E-state index is 0.0876. The summed E-state index contributed by atoms with van der Waals surface area (Å²) in [6.07, 6.45) is -0.0876. The minimum Gasteiger partial charge on any atom is -0.481 e. The van der Waals surface area contributed by atoms with Gasteiger partial charge in [-0.25, -0.2) is 4.98 Å². The van der Waals surface area contributed by atoms with E-state index < -0.39 is 12.0 Å². The second-order valence-electron chi connectivity index (χ2n) is 5.66. The fourth-order valence-electron chi connectivity index (χ4n) is 1.53. The number of nitrogens with one attached hydrogen (secondary N) is 1. The number of aliphatic carboxylic acids is 1. The van der Waals surface area contributed by atoms with Crippen LogP contribution in [0.5, 0.6) is 0 Å². The number of thiazole rings is 1. The van der Waals surface area contributed by atoms with Gasteiger partial charge in [-0.1, -0.05) is 20.8 Å². The predicted octanol–water partition coefficient (Wildman–Crippen LogP) is 2.34. The van der Waals surface area contributed by atoms with Gasteiger partial charge in [-0.3, -0.25) is 9.59 Å². The van der Waals surface area contributed by atoms with Gasteiger partial charge in [0.25, 0.3) is 5.91 Å². The molecular weight excluding hydrogens is 264 g/mol. The molecule has 6 heteroatoms. The van der Waals surface area contributed by atoms with E-state index in [1.165, 1.54) is 11.3 Å². The van der Waals surface area contributed by atoms with E-state index in [1.807, 2.05) is 20.8 Å². The molecule has 1 rings (SSSR count). The number of aromatic nitrogens is 1. The molecule has 0 fully saturated rings. The van der Waals surface area contributed by atoms with Crippen LogP contribution in [-0.4, -0.2) is 28.0 Å². The van der Waals surface area contributed by atoms with E-state index in [2.05, 4.69) is 10.3 Å². The third-order valence-corrected chi connectivity index (χ3v) is 4.08. The van der Waals surface area contributed by atoms with Crippen molar-refractivity contribution < 1.29 is 14.7 Å². The van der Waals surface area contributed by atoms with Crippen LogP contribution in [0.15, 0.2) is 0 Å². The SMILES string of the molecule is Cc1nc(C(C)(C)C)sc1C(=O)NC(C)CC(=O)O. The maximum absolute atomic E-state index is 12.1. The maximum Gasteiger partial charge on any atom is 0.305 e. The molecule has 0 saturated heterocycles. The van der Waals surface area contributed by atoms with Crippen LogP contribution in [0.2, 0.25) is 0 Å². The van der Waals surface area contributed by atoms with Crippen LogP contribution in [0.25, 0.3) is 0 Å². The highest BCUT2D eigenvalue weighted by Gasteiger charge is 2.23. The Balaban J connectivity index is 2.83. The summed E-state index contributed by atoms with van der Waals surface area (Å²) in [6.45, 7) is 9.59. The topological polar surface area (TPSA) is 79.3 Å². The smallest absolute Gasteiger partial charge is 0.305 e. The van der Waals surface area contributed by atoms with Crippen molar-refractivity contribution >= 4 is 23.2 Å². The van der Waals surface area contributed by atoms with Crippen molar-refractivity contribution in [3.63, 3.8) is 0 Å². The van der Waals surface area contributed by atoms with Crippen molar-refractivity contribution in [2.45, 2.75) is 52.5 Å². The van der Waals surface area contributed by atoms with Gasteiger partial charge < -0.3 is 10.4 Å². The first kappa shape index (κ1) is 15.6. The molecule has 0 aromatic carbocycles. The predicted molar refractivity (Wildman–Crippen MR) is 74.7 cm³/mol. The average Bonchev–Trinajstić information content (AvgIpc) is 2.58. The molecule has 0 radical (unpaired) electrons. The normalized spacial score (nSPS) is 13.1. The number of nitrogens with zero attached hydrogens (tertiary/aromatic N) is 1. The second kappa shape index (κ2) is 5.69. The fraction of sp³-hybridized carbons (Fsp3) is 0.615. The molecule has 2 N–H and O–H groups in total. The summed E-state index contributed by atoms with van der Waals surface area (Å²) in [5.74, 6) is -1.18. The van der Waals surface area contributed by atoms with E-state index in [0.717, 1.165) is 5.01 Å². The van der Waals surface area contributed by atoms with E-state index in [-0.39, 0.29) is 17.7 Å². The number of carbonyl (C=O) groups is 2. The van der Waals surface area contributed by atoms with Gasteiger partial charge in [0.05, 0.1) is 17.1 Å². The number of carboxylic acids is 1. The first-order chi connectivity index (χ1) is 8.61. The highest BCUT2D eigenvalue weighted by Crippen LogP contribution is 2.29. The van der Waals surface area contributed by atoms with Crippen molar-refractivity contribution in [3.8, 4) is 0 Å². The number of aryl methyl sites for hydroxylation is 1. The number of carbonyl (C=O) groups excluding carboxylic acids is 1. The van der Waals surface area contributed by atoms with Gasteiger partial charge in [-0.05, 0) is 13.8 Å². The van der Waals surface area contributed by atoms with Crippen LogP contribution in [0.4, 0.5) is 0 Å². The molecule has 5 nitrogen and oxygen atoms in total. The Hall–Kier alpha value is -1.43. The van der Waals surface area contributed by atoms with E-state index >= 15 is 0 Å². The molecule has 106 valence electrons. The lowest BCUT2D eigenvalue weighted by molar-refractivity contribution is -0.137. The third kappa shape index (κ3) is 4.31. The average molecular weight is 284 g/mol. The molecule has 1 heterocycles. The zero-order chi connectivity index (χ0) is 14.8. The van der Waals surface area contributed by atoms with Crippen molar-refractivity contribution in [1.29, 1.82) is 0 Å². The van der Waals surface area contributed by atoms with Gasteiger partial charge in [-0.2, -0.15) is 0 Å². The quantitative estimate of drug-likeness (QED) is 0.889. The van der Waals surface area contributed by atoms with Crippen LogP contribution >= 0.6 is 11.3 Å². The molecule has 1 amide bonds. The van der Waals surface area contributed by atoms with Gasteiger partial charge in [0.15, 0.2) is 0 Å². The molecule has 19 heavy (non-hydrogen) atoms. The van der Waals surface area contributed by atoms with E-state index in [0.29, 0.717) is 10.6 Å². The standard InChI is InChI=1S/C13H20N2O3S/c1-7(6-9(16)17)14-11(18)10-8(2)15-12(19-10)13(3,4)5/h7H,6H2,1-5H3,(H,14,18)(H,16,17). The van der Waals surface area contributed by atoms with Crippen LogP contribution in [-0.2, 0) is 10.2 Å². The Morgan fingerprint density at radius 3 is 2.42 bits per heavy atom. The van der Waals surface area contributed by atoms with Crippen LogP contribution in [0.1, 0.15) is 54.5 Å². The number of amides is 1. The summed E-state index contributed by atoms with van der Waals surface area (Å²) in [7, 11) is 0. The summed E-state index contributed by atoms with van der Waals surface area (Å²) in [5.41, 5.74) is 0.593. The number of hydrogen-bond acceptors (Lipinski definition) is 4. The summed E-state index contributed by atoms with van der Waals surface area (Å²) in [4.78, 5) is 27.6. The highest BCUT2D eigenvalue weighted by atomic mass is 32.1. The molecule has 0 saturated carbocycles. The number of hydrogen-bond donors (Lipinski definition) is 2. The van der Waals surface area contributed by atoms with Gasteiger partial charge in [-0.15, -0.1) is 11.3 Å². The molecule has 0 aliphatic rings. The van der Waals surface area contributed by atoms with E-state index in [4.69, 9.17) is 5.11 Å². The minimum atomic E-state index is -0.927. The van der Waals surface area contributed by atoms with Crippen molar-refractivity contribution in [2.24, 2.45) is 0 Å². The maximum atomic E-state index is 12.1. The number of rotatable bonds is 4. The molecule has 0 bridgehead atoms. The lowest BCUT2D eigenvalue weighted by Crippen LogP contribution is -2.34. The Labute approximate surface area is 117 Å².